The second-order valence-corrected chi connectivity index (χ2v) is 3.99. The Morgan fingerprint density at radius 1 is 1.25 bits per heavy atom. The van der Waals surface area contributed by atoms with Gasteiger partial charge in [-0.2, -0.15) is 0 Å². The summed E-state index contributed by atoms with van der Waals surface area (Å²) in [5.74, 6) is 0.830. The van der Waals surface area contributed by atoms with E-state index in [2.05, 4.69) is 10.3 Å². The van der Waals surface area contributed by atoms with Gasteiger partial charge in [-0.25, -0.2) is 0 Å². The minimum absolute atomic E-state index is 0.455. The Morgan fingerprint density at radius 2 is 2.12 bits per heavy atom. The van der Waals surface area contributed by atoms with Crippen molar-refractivity contribution < 1.29 is 4.74 Å². The molecule has 2 aromatic rings. The van der Waals surface area contributed by atoms with Crippen LogP contribution in [-0.4, -0.2) is 4.98 Å². The molecule has 4 heteroatoms. The molecule has 80 valence electrons. The fourth-order valence-corrected chi connectivity index (χ4v) is 1.84. The van der Waals surface area contributed by atoms with Crippen molar-refractivity contribution in [3.05, 3.63) is 47.2 Å². The van der Waals surface area contributed by atoms with E-state index in [1.165, 1.54) is 0 Å². The van der Waals surface area contributed by atoms with Gasteiger partial charge in [0.15, 0.2) is 0 Å². The zero-order chi connectivity index (χ0) is 11.0. The maximum absolute atomic E-state index is 5.91. The summed E-state index contributed by atoms with van der Waals surface area (Å²) in [7, 11) is 0. The summed E-state index contributed by atoms with van der Waals surface area (Å²) in [6.45, 7) is 0.455. The molecule has 0 fully saturated rings. The maximum Gasteiger partial charge on any atom is 0.143 e. The number of halogens is 1. The van der Waals surface area contributed by atoms with Crippen molar-refractivity contribution >= 4 is 23.0 Å². The average molecular weight is 233 g/mol. The van der Waals surface area contributed by atoms with Crippen LogP contribution in [0.4, 0.5) is 11.4 Å². The van der Waals surface area contributed by atoms with Crippen LogP contribution in [0.2, 0.25) is 5.02 Å². The second kappa shape index (κ2) is 3.68. The van der Waals surface area contributed by atoms with Gasteiger partial charge in [0.2, 0.25) is 0 Å². The highest BCUT2D eigenvalue weighted by atomic mass is 35.5. The molecule has 1 aliphatic rings. The number of hydrogen-bond acceptors (Lipinski definition) is 3. The third kappa shape index (κ3) is 1.59. The molecule has 16 heavy (non-hydrogen) atoms. The number of benzene rings is 1. The van der Waals surface area contributed by atoms with Crippen molar-refractivity contribution in [3.8, 4) is 5.75 Å². The van der Waals surface area contributed by atoms with E-state index in [1.807, 2.05) is 30.3 Å². The molecule has 0 amide bonds. The lowest BCUT2D eigenvalue weighted by Crippen LogP contribution is -1.97. The molecule has 1 aromatic carbocycles. The van der Waals surface area contributed by atoms with E-state index in [-0.39, 0.29) is 0 Å². The first-order valence-corrected chi connectivity index (χ1v) is 5.34. The molecule has 3 rings (SSSR count). The van der Waals surface area contributed by atoms with Crippen molar-refractivity contribution in [1.29, 1.82) is 0 Å². The molecule has 2 heterocycles. The summed E-state index contributed by atoms with van der Waals surface area (Å²) in [5, 5.41) is 3.89. The highest BCUT2D eigenvalue weighted by Gasteiger charge is 2.13. The van der Waals surface area contributed by atoms with E-state index in [4.69, 9.17) is 16.3 Å². The van der Waals surface area contributed by atoms with Gasteiger partial charge < -0.3 is 10.1 Å². The monoisotopic (exact) mass is 232 g/mol. The number of nitrogens with one attached hydrogen (secondary N) is 1. The zero-order valence-corrected chi connectivity index (χ0v) is 9.16. The number of fused-ring (bicyclic) bond motifs is 2. The van der Waals surface area contributed by atoms with E-state index in [9.17, 15) is 0 Å². The van der Waals surface area contributed by atoms with Gasteiger partial charge in [0, 0.05) is 6.20 Å². The Labute approximate surface area is 98.0 Å². The van der Waals surface area contributed by atoms with Crippen LogP contribution in [0, 0.1) is 0 Å². The third-order valence-corrected chi connectivity index (χ3v) is 2.66. The van der Waals surface area contributed by atoms with Crippen LogP contribution in [0.5, 0.6) is 5.75 Å². The molecule has 1 aromatic heterocycles. The van der Waals surface area contributed by atoms with Crippen molar-refractivity contribution in [1.82, 2.24) is 4.98 Å². The van der Waals surface area contributed by atoms with Gasteiger partial charge in [0.1, 0.15) is 18.1 Å². The molecule has 0 radical (unpaired) electrons. The van der Waals surface area contributed by atoms with E-state index in [0.717, 1.165) is 22.8 Å². The van der Waals surface area contributed by atoms with Gasteiger partial charge in [-0.1, -0.05) is 23.7 Å². The van der Waals surface area contributed by atoms with Crippen LogP contribution in [0.15, 0.2) is 36.5 Å². The highest BCUT2D eigenvalue weighted by molar-refractivity contribution is 6.30. The van der Waals surface area contributed by atoms with Crippen molar-refractivity contribution in [3.63, 3.8) is 0 Å². The topological polar surface area (TPSA) is 34.2 Å². The zero-order valence-electron chi connectivity index (χ0n) is 8.40. The Hall–Kier alpha value is -1.74. The van der Waals surface area contributed by atoms with E-state index in [0.29, 0.717) is 11.6 Å². The SMILES string of the molecule is Clc1cnc2c(c1)Nc1ccccc1OC2. The highest BCUT2D eigenvalue weighted by Crippen LogP contribution is 2.33. The van der Waals surface area contributed by atoms with Crippen LogP contribution < -0.4 is 10.1 Å². The van der Waals surface area contributed by atoms with Crippen LogP contribution in [0.25, 0.3) is 0 Å². The predicted molar refractivity (Wildman–Crippen MR) is 63.3 cm³/mol. The van der Waals surface area contributed by atoms with Gasteiger partial charge in [-0.05, 0) is 18.2 Å². The number of pyridine rings is 1. The molecule has 1 N–H and O–H groups in total. The van der Waals surface area contributed by atoms with Crippen LogP contribution in [0.3, 0.4) is 0 Å². The lowest BCUT2D eigenvalue weighted by atomic mass is 10.2. The fraction of sp³-hybridized carbons (Fsp3) is 0.0833. The van der Waals surface area contributed by atoms with Gasteiger partial charge >= 0.3 is 0 Å². The summed E-state index contributed by atoms with van der Waals surface area (Å²) >= 11 is 5.91. The molecule has 0 saturated carbocycles. The first-order chi connectivity index (χ1) is 7.83. The Kier molecular flexibility index (Phi) is 2.18. The van der Waals surface area contributed by atoms with E-state index >= 15 is 0 Å². The number of anilines is 2. The Balaban J connectivity index is 2.10. The number of nitrogens with zero attached hydrogens (tertiary/aromatic N) is 1. The van der Waals surface area contributed by atoms with Crippen molar-refractivity contribution in [2.24, 2.45) is 0 Å². The Morgan fingerprint density at radius 3 is 3.06 bits per heavy atom. The molecule has 0 bridgehead atoms. The Bertz CT molecular complexity index is 542. The van der Waals surface area contributed by atoms with Gasteiger partial charge in [0.25, 0.3) is 0 Å². The summed E-state index contributed by atoms with van der Waals surface area (Å²) in [6, 6.07) is 9.64. The van der Waals surface area contributed by atoms with Crippen molar-refractivity contribution in [2.75, 3.05) is 5.32 Å². The lowest BCUT2D eigenvalue weighted by Gasteiger charge is -2.06. The minimum atomic E-state index is 0.455. The predicted octanol–water partition coefficient (Wildman–Crippen LogP) is 3.37. The largest absolute Gasteiger partial charge is 0.485 e. The molecule has 0 atom stereocenters. The van der Waals surface area contributed by atoms with Gasteiger partial charge in [-0.15, -0.1) is 0 Å². The van der Waals surface area contributed by atoms with Crippen LogP contribution in [-0.2, 0) is 6.61 Å². The first kappa shape index (κ1) is 9.48. The summed E-state index contributed by atoms with van der Waals surface area (Å²) in [4.78, 5) is 4.24. The summed E-state index contributed by atoms with van der Waals surface area (Å²) < 4.78 is 5.65. The van der Waals surface area contributed by atoms with Crippen molar-refractivity contribution in [2.45, 2.75) is 6.61 Å². The number of ether oxygens (including phenoxy) is 1. The number of aromatic nitrogens is 1. The van der Waals surface area contributed by atoms with E-state index < -0.39 is 0 Å². The maximum atomic E-state index is 5.91. The molecule has 0 aliphatic carbocycles. The molecule has 0 spiro atoms. The molecule has 1 aliphatic heterocycles. The standard InChI is InChI=1S/C12H9ClN2O/c13-8-5-10-11(14-6-8)7-16-12-4-2-1-3-9(12)15-10/h1-6,15H,7H2. The quantitative estimate of drug-likeness (QED) is 0.756. The molecule has 3 nitrogen and oxygen atoms in total. The van der Waals surface area contributed by atoms with Gasteiger partial charge in [0.05, 0.1) is 16.4 Å². The average Bonchev–Trinajstić information content (AvgIpc) is 2.47. The number of rotatable bonds is 0. The number of hydrogen-bond donors (Lipinski definition) is 1. The fourth-order valence-electron chi connectivity index (χ4n) is 1.68. The summed E-state index contributed by atoms with van der Waals surface area (Å²) in [6.07, 6.45) is 1.63. The summed E-state index contributed by atoms with van der Waals surface area (Å²) in [5.41, 5.74) is 2.70. The number of para-hydroxylation sites is 2. The third-order valence-electron chi connectivity index (χ3n) is 2.46. The second-order valence-electron chi connectivity index (χ2n) is 3.56. The lowest BCUT2D eigenvalue weighted by molar-refractivity contribution is 0.306. The van der Waals surface area contributed by atoms with Crippen LogP contribution >= 0.6 is 11.6 Å². The molecule has 0 saturated heterocycles. The minimum Gasteiger partial charge on any atom is -0.485 e. The normalized spacial score (nSPS) is 12.8. The smallest absolute Gasteiger partial charge is 0.143 e. The van der Waals surface area contributed by atoms with E-state index in [1.54, 1.807) is 6.20 Å². The molecular formula is C12H9ClN2O. The first-order valence-electron chi connectivity index (χ1n) is 4.96. The molecular weight excluding hydrogens is 224 g/mol. The van der Waals surface area contributed by atoms with Gasteiger partial charge in [-0.3, -0.25) is 4.98 Å². The van der Waals surface area contributed by atoms with Crippen LogP contribution in [0.1, 0.15) is 5.69 Å². The molecule has 0 unspecified atom stereocenters.